The molecule has 2 heterocycles. The van der Waals surface area contributed by atoms with Crippen LogP contribution in [-0.2, 0) is 11.2 Å². The number of benzene rings is 1. The average Bonchev–Trinajstić information content (AvgIpc) is 2.96. The SMILES string of the molecule is O=C(Cc1cccc(Cl)c1)Nc1nc(-c2ccncc2)cs1. The molecular weight excluding hydrogens is 318 g/mol. The van der Waals surface area contributed by atoms with Crippen molar-refractivity contribution in [2.45, 2.75) is 6.42 Å². The molecule has 3 rings (SSSR count). The molecule has 1 aromatic carbocycles. The van der Waals surface area contributed by atoms with Gasteiger partial charge in [0.25, 0.3) is 0 Å². The maximum atomic E-state index is 12.0. The van der Waals surface area contributed by atoms with Gasteiger partial charge in [-0.15, -0.1) is 11.3 Å². The van der Waals surface area contributed by atoms with E-state index in [0.717, 1.165) is 16.8 Å². The second-order valence-corrected chi connectivity index (χ2v) is 5.92. The molecule has 0 bridgehead atoms. The zero-order chi connectivity index (χ0) is 15.4. The Morgan fingerprint density at radius 2 is 2.05 bits per heavy atom. The molecule has 0 radical (unpaired) electrons. The van der Waals surface area contributed by atoms with E-state index in [-0.39, 0.29) is 12.3 Å². The van der Waals surface area contributed by atoms with Gasteiger partial charge in [0.15, 0.2) is 5.13 Å². The summed E-state index contributed by atoms with van der Waals surface area (Å²) in [6.45, 7) is 0. The van der Waals surface area contributed by atoms with E-state index in [4.69, 9.17) is 11.6 Å². The quantitative estimate of drug-likeness (QED) is 0.786. The number of hydrogen-bond acceptors (Lipinski definition) is 4. The first-order valence-corrected chi connectivity index (χ1v) is 7.87. The van der Waals surface area contributed by atoms with Gasteiger partial charge in [0.2, 0.25) is 5.91 Å². The molecule has 0 saturated carbocycles. The van der Waals surface area contributed by atoms with Crippen molar-refractivity contribution in [2.24, 2.45) is 0 Å². The summed E-state index contributed by atoms with van der Waals surface area (Å²) in [6.07, 6.45) is 3.70. The number of amides is 1. The van der Waals surface area contributed by atoms with E-state index in [0.29, 0.717) is 10.2 Å². The molecule has 110 valence electrons. The first-order valence-electron chi connectivity index (χ1n) is 6.61. The van der Waals surface area contributed by atoms with Gasteiger partial charge >= 0.3 is 0 Å². The number of halogens is 1. The second-order valence-electron chi connectivity index (χ2n) is 4.63. The Hall–Kier alpha value is -2.24. The smallest absolute Gasteiger partial charge is 0.230 e. The van der Waals surface area contributed by atoms with Crippen LogP contribution in [0.4, 0.5) is 5.13 Å². The average molecular weight is 330 g/mol. The highest BCUT2D eigenvalue weighted by Gasteiger charge is 2.09. The number of thiazole rings is 1. The predicted octanol–water partition coefficient (Wildman–Crippen LogP) is 4.04. The Morgan fingerprint density at radius 3 is 2.82 bits per heavy atom. The van der Waals surface area contributed by atoms with Crippen LogP contribution in [-0.4, -0.2) is 15.9 Å². The molecule has 0 aliphatic heterocycles. The van der Waals surface area contributed by atoms with Crippen molar-refractivity contribution in [3.63, 3.8) is 0 Å². The van der Waals surface area contributed by atoms with E-state index in [9.17, 15) is 4.79 Å². The van der Waals surface area contributed by atoms with Gasteiger partial charge < -0.3 is 5.32 Å². The van der Waals surface area contributed by atoms with Crippen LogP contribution in [0, 0.1) is 0 Å². The molecule has 1 N–H and O–H groups in total. The summed E-state index contributed by atoms with van der Waals surface area (Å²) < 4.78 is 0. The summed E-state index contributed by atoms with van der Waals surface area (Å²) in [4.78, 5) is 20.4. The molecule has 3 aromatic rings. The van der Waals surface area contributed by atoms with E-state index >= 15 is 0 Å². The van der Waals surface area contributed by atoms with Crippen molar-refractivity contribution >= 4 is 34.0 Å². The summed E-state index contributed by atoms with van der Waals surface area (Å²) in [5.74, 6) is -0.113. The molecule has 0 fully saturated rings. The Kier molecular flexibility index (Phi) is 4.46. The molecule has 0 atom stereocenters. The van der Waals surface area contributed by atoms with Crippen molar-refractivity contribution in [3.05, 3.63) is 64.8 Å². The minimum atomic E-state index is -0.113. The fourth-order valence-electron chi connectivity index (χ4n) is 1.98. The van der Waals surface area contributed by atoms with Gasteiger partial charge in [0, 0.05) is 28.4 Å². The van der Waals surface area contributed by atoms with Crippen molar-refractivity contribution in [2.75, 3.05) is 5.32 Å². The second kappa shape index (κ2) is 6.68. The first-order chi connectivity index (χ1) is 10.7. The highest BCUT2D eigenvalue weighted by molar-refractivity contribution is 7.14. The molecule has 0 spiro atoms. The largest absolute Gasteiger partial charge is 0.302 e. The number of anilines is 1. The van der Waals surface area contributed by atoms with Crippen LogP contribution in [0.3, 0.4) is 0 Å². The van der Waals surface area contributed by atoms with Crippen LogP contribution in [0.2, 0.25) is 5.02 Å². The molecule has 0 unspecified atom stereocenters. The highest BCUT2D eigenvalue weighted by Crippen LogP contribution is 2.24. The van der Waals surface area contributed by atoms with Gasteiger partial charge in [-0.25, -0.2) is 4.98 Å². The lowest BCUT2D eigenvalue weighted by Crippen LogP contribution is -2.14. The minimum Gasteiger partial charge on any atom is -0.302 e. The van der Waals surface area contributed by atoms with Crippen molar-refractivity contribution in [1.82, 2.24) is 9.97 Å². The lowest BCUT2D eigenvalue weighted by atomic mass is 10.1. The molecule has 22 heavy (non-hydrogen) atoms. The number of nitrogens with zero attached hydrogens (tertiary/aromatic N) is 2. The molecule has 1 amide bonds. The van der Waals surface area contributed by atoms with E-state index in [1.54, 1.807) is 24.5 Å². The van der Waals surface area contributed by atoms with Gasteiger partial charge in [-0.3, -0.25) is 9.78 Å². The van der Waals surface area contributed by atoms with Crippen LogP contribution < -0.4 is 5.32 Å². The Morgan fingerprint density at radius 1 is 1.23 bits per heavy atom. The highest BCUT2D eigenvalue weighted by atomic mass is 35.5. The molecular formula is C16H12ClN3OS. The third-order valence-electron chi connectivity index (χ3n) is 2.98. The number of nitrogens with one attached hydrogen (secondary N) is 1. The van der Waals surface area contributed by atoms with Crippen LogP contribution in [0.5, 0.6) is 0 Å². The summed E-state index contributed by atoms with van der Waals surface area (Å²) in [6, 6.07) is 11.0. The number of aromatic nitrogens is 2. The van der Waals surface area contributed by atoms with Crippen molar-refractivity contribution in [3.8, 4) is 11.3 Å². The Labute approximate surface area is 136 Å². The van der Waals surface area contributed by atoms with Crippen molar-refractivity contribution in [1.29, 1.82) is 0 Å². The fraction of sp³-hybridized carbons (Fsp3) is 0.0625. The van der Waals surface area contributed by atoms with Crippen LogP contribution in [0.1, 0.15) is 5.56 Å². The predicted molar refractivity (Wildman–Crippen MR) is 89.1 cm³/mol. The summed E-state index contributed by atoms with van der Waals surface area (Å²) in [7, 11) is 0. The number of rotatable bonds is 4. The topological polar surface area (TPSA) is 54.9 Å². The standard InChI is InChI=1S/C16H12ClN3OS/c17-13-3-1-2-11(8-13)9-15(21)20-16-19-14(10-22-16)12-4-6-18-7-5-12/h1-8,10H,9H2,(H,19,20,21). The van der Waals surface area contributed by atoms with Crippen LogP contribution >= 0.6 is 22.9 Å². The van der Waals surface area contributed by atoms with Gasteiger partial charge in [-0.1, -0.05) is 23.7 Å². The number of pyridine rings is 1. The zero-order valence-electron chi connectivity index (χ0n) is 11.5. The monoisotopic (exact) mass is 329 g/mol. The van der Waals surface area contributed by atoms with Crippen LogP contribution in [0.15, 0.2) is 54.2 Å². The Balaban J connectivity index is 1.66. The number of carbonyl (C=O) groups is 1. The number of carbonyl (C=O) groups excluding carboxylic acids is 1. The molecule has 0 aliphatic rings. The maximum Gasteiger partial charge on any atom is 0.230 e. The minimum absolute atomic E-state index is 0.113. The normalized spacial score (nSPS) is 10.4. The lowest BCUT2D eigenvalue weighted by molar-refractivity contribution is -0.115. The van der Waals surface area contributed by atoms with Gasteiger partial charge in [0.1, 0.15) is 0 Å². The number of hydrogen-bond donors (Lipinski definition) is 1. The fourth-order valence-corrected chi connectivity index (χ4v) is 2.93. The molecule has 4 nitrogen and oxygen atoms in total. The van der Waals surface area contributed by atoms with E-state index in [1.807, 2.05) is 29.6 Å². The Bertz CT molecular complexity index is 789. The van der Waals surface area contributed by atoms with Gasteiger partial charge in [-0.05, 0) is 29.8 Å². The van der Waals surface area contributed by atoms with E-state index in [2.05, 4.69) is 15.3 Å². The summed E-state index contributed by atoms with van der Waals surface area (Å²) in [5, 5.41) is 5.92. The van der Waals surface area contributed by atoms with E-state index in [1.165, 1.54) is 11.3 Å². The van der Waals surface area contributed by atoms with Crippen molar-refractivity contribution < 1.29 is 4.79 Å². The summed E-state index contributed by atoms with van der Waals surface area (Å²) >= 11 is 7.31. The summed E-state index contributed by atoms with van der Waals surface area (Å²) in [5.41, 5.74) is 2.67. The zero-order valence-corrected chi connectivity index (χ0v) is 13.1. The van der Waals surface area contributed by atoms with E-state index < -0.39 is 0 Å². The maximum absolute atomic E-state index is 12.0. The van der Waals surface area contributed by atoms with Gasteiger partial charge in [0.05, 0.1) is 12.1 Å². The lowest BCUT2D eigenvalue weighted by Gasteiger charge is -2.02. The first kappa shape index (κ1) is 14.7. The molecule has 6 heteroatoms. The molecule has 2 aromatic heterocycles. The molecule has 0 aliphatic carbocycles. The third-order valence-corrected chi connectivity index (χ3v) is 3.97. The van der Waals surface area contributed by atoms with Crippen LogP contribution in [0.25, 0.3) is 11.3 Å². The van der Waals surface area contributed by atoms with Gasteiger partial charge in [-0.2, -0.15) is 0 Å². The molecule has 0 saturated heterocycles. The third kappa shape index (κ3) is 3.69.